The molecule has 1 atom stereocenters. The van der Waals surface area contributed by atoms with E-state index in [1.54, 1.807) is 0 Å². The number of likely N-dealkylation sites (tertiary alicyclic amines) is 1. The Morgan fingerprint density at radius 2 is 1.95 bits per heavy atom. The first-order chi connectivity index (χ1) is 10.6. The van der Waals surface area contributed by atoms with Gasteiger partial charge in [0.25, 0.3) is 0 Å². The monoisotopic (exact) mass is 302 g/mol. The Morgan fingerprint density at radius 1 is 1.18 bits per heavy atom. The van der Waals surface area contributed by atoms with E-state index >= 15 is 0 Å². The molecule has 22 heavy (non-hydrogen) atoms. The van der Waals surface area contributed by atoms with Crippen molar-refractivity contribution in [1.29, 1.82) is 0 Å². The fourth-order valence-corrected chi connectivity index (χ4v) is 3.96. The molecule has 0 saturated carbocycles. The zero-order chi connectivity index (χ0) is 15.6. The molecule has 0 radical (unpaired) electrons. The minimum absolute atomic E-state index is 0.0103. The van der Waals surface area contributed by atoms with E-state index in [9.17, 15) is 5.11 Å². The Bertz CT molecular complexity index is 500. The molecule has 2 aliphatic heterocycles. The average molecular weight is 302 g/mol. The fraction of sp³-hybridized carbons (Fsp3) is 0.684. The third-order valence-corrected chi connectivity index (χ3v) is 5.24. The summed E-state index contributed by atoms with van der Waals surface area (Å²) >= 11 is 0. The predicted octanol–water partition coefficient (Wildman–Crippen LogP) is 2.53. The number of aliphatic hydroxyl groups is 1. The molecule has 0 amide bonds. The lowest BCUT2D eigenvalue weighted by Crippen LogP contribution is -2.51. The van der Waals surface area contributed by atoms with Crippen molar-refractivity contribution in [2.45, 2.75) is 45.7 Å². The predicted molar refractivity (Wildman–Crippen MR) is 90.9 cm³/mol. The van der Waals surface area contributed by atoms with Crippen molar-refractivity contribution in [2.24, 2.45) is 5.41 Å². The summed E-state index contributed by atoms with van der Waals surface area (Å²) in [4.78, 5) is 5.24. The standard InChI is InChI=1S/C19H30N2O/c1-19(2,15-22)14-20-10-5-8-18(13-20)21-11-9-16-6-3-4-7-17(16)12-21/h3-4,6-7,18,22H,5,8-15H2,1-2H3. The van der Waals surface area contributed by atoms with Crippen LogP contribution in [0.25, 0.3) is 0 Å². The van der Waals surface area contributed by atoms with Crippen LogP contribution < -0.4 is 0 Å². The number of fused-ring (bicyclic) bond motifs is 1. The molecule has 0 aliphatic carbocycles. The molecular weight excluding hydrogens is 272 g/mol. The van der Waals surface area contributed by atoms with Gasteiger partial charge < -0.3 is 10.0 Å². The summed E-state index contributed by atoms with van der Waals surface area (Å²) in [5, 5.41) is 9.51. The maximum atomic E-state index is 9.51. The zero-order valence-corrected chi connectivity index (χ0v) is 14.1. The summed E-state index contributed by atoms with van der Waals surface area (Å²) in [6, 6.07) is 9.57. The van der Waals surface area contributed by atoms with Crippen LogP contribution in [0.1, 0.15) is 37.8 Å². The minimum atomic E-state index is 0.0103. The topological polar surface area (TPSA) is 26.7 Å². The highest BCUT2D eigenvalue weighted by Gasteiger charge is 2.30. The van der Waals surface area contributed by atoms with Crippen LogP contribution in [0.5, 0.6) is 0 Å². The van der Waals surface area contributed by atoms with Crippen LogP contribution in [0.4, 0.5) is 0 Å². The molecule has 2 heterocycles. The number of hydrogen-bond acceptors (Lipinski definition) is 3. The summed E-state index contributed by atoms with van der Waals surface area (Å²) < 4.78 is 0. The van der Waals surface area contributed by atoms with Gasteiger partial charge in [-0.2, -0.15) is 0 Å². The third-order valence-electron chi connectivity index (χ3n) is 5.24. The molecule has 1 aromatic rings. The number of piperidine rings is 1. The Balaban J connectivity index is 1.61. The van der Waals surface area contributed by atoms with Crippen molar-refractivity contribution < 1.29 is 5.11 Å². The van der Waals surface area contributed by atoms with Gasteiger partial charge in [0, 0.05) is 44.2 Å². The van der Waals surface area contributed by atoms with Crippen molar-refractivity contribution in [3.05, 3.63) is 35.4 Å². The van der Waals surface area contributed by atoms with Crippen LogP contribution in [0.3, 0.4) is 0 Å². The van der Waals surface area contributed by atoms with Crippen LogP contribution in [-0.2, 0) is 13.0 Å². The smallest absolute Gasteiger partial charge is 0.0494 e. The maximum absolute atomic E-state index is 9.51. The first-order valence-corrected chi connectivity index (χ1v) is 8.71. The molecule has 1 N–H and O–H groups in total. The summed E-state index contributed by atoms with van der Waals surface area (Å²) in [6.07, 6.45) is 3.79. The van der Waals surface area contributed by atoms with Gasteiger partial charge in [0.05, 0.1) is 0 Å². The summed E-state index contributed by atoms with van der Waals surface area (Å²) in [5.74, 6) is 0. The maximum Gasteiger partial charge on any atom is 0.0494 e. The molecule has 2 aliphatic rings. The normalized spacial score (nSPS) is 24.2. The lowest BCUT2D eigenvalue weighted by Gasteiger charge is -2.43. The van der Waals surface area contributed by atoms with E-state index in [-0.39, 0.29) is 12.0 Å². The van der Waals surface area contributed by atoms with E-state index in [0.29, 0.717) is 6.04 Å². The van der Waals surface area contributed by atoms with E-state index in [1.165, 1.54) is 43.5 Å². The van der Waals surface area contributed by atoms with Crippen molar-refractivity contribution in [1.82, 2.24) is 9.80 Å². The van der Waals surface area contributed by atoms with Gasteiger partial charge in [-0.25, -0.2) is 0 Å². The molecule has 0 aromatic heterocycles. The largest absolute Gasteiger partial charge is 0.396 e. The van der Waals surface area contributed by atoms with Gasteiger partial charge in [0.2, 0.25) is 0 Å². The first kappa shape index (κ1) is 16.0. The SMILES string of the molecule is CC(C)(CO)CN1CCCC(N2CCc3ccccc3C2)C1. The molecule has 0 spiro atoms. The van der Waals surface area contributed by atoms with Gasteiger partial charge in [-0.05, 0) is 36.9 Å². The minimum Gasteiger partial charge on any atom is -0.396 e. The number of benzene rings is 1. The van der Waals surface area contributed by atoms with Crippen molar-refractivity contribution in [3.8, 4) is 0 Å². The van der Waals surface area contributed by atoms with Gasteiger partial charge in [0.15, 0.2) is 0 Å². The first-order valence-electron chi connectivity index (χ1n) is 8.71. The van der Waals surface area contributed by atoms with Crippen molar-refractivity contribution in [2.75, 3.05) is 32.8 Å². The highest BCUT2D eigenvalue weighted by molar-refractivity contribution is 5.29. The Labute approximate surface area is 134 Å². The van der Waals surface area contributed by atoms with Gasteiger partial charge in [-0.15, -0.1) is 0 Å². The Hall–Kier alpha value is -0.900. The molecule has 1 saturated heterocycles. The molecular formula is C19H30N2O. The van der Waals surface area contributed by atoms with E-state index in [0.717, 1.165) is 19.6 Å². The summed E-state index contributed by atoms with van der Waals surface area (Å²) in [6.45, 7) is 10.2. The second kappa shape index (κ2) is 6.69. The van der Waals surface area contributed by atoms with Gasteiger partial charge in [-0.3, -0.25) is 4.90 Å². The van der Waals surface area contributed by atoms with Gasteiger partial charge in [-0.1, -0.05) is 38.1 Å². The van der Waals surface area contributed by atoms with Crippen LogP contribution in [0.15, 0.2) is 24.3 Å². The molecule has 1 aromatic carbocycles. The highest BCUT2D eigenvalue weighted by atomic mass is 16.3. The number of hydrogen-bond donors (Lipinski definition) is 1. The highest BCUT2D eigenvalue weighted by Crippen LogP contribution is 2.26. The second-order valence-corrected chi connectivity index (χ2v) is 7.84. The lowest BCUT2D eigenvalue weighted by atomic mass is 9.91. The molecule has 122 valence electrons. The molecule has 1 fully saturated rings. The van der Waals surface area contributed by atoms with Gasteiger partial charge in [0.1, 0.15) is 0 Å². The summed E-state index contributed by atoms with van der Waals surface area (Å²) in [5.41, 5.74) is 3.06. The molecule has 1 unspecified atom stereocenters. The number of rotatable bonds is 4. The lowest BCUT2D eigenvalue weighted by molar-refractivity contribution is 0.0475. The van der Waals surface area contributed by atoms with Crippen molar-refractivity contribution in [3.63, 3.8) is 0 Å². The Morgan fingerprint density at radius 3 is 2.73 bits per heavy atom. The average Bonchev–Trinajstić information content (AvgIpc) is 2.54. The van der Waals surface area contributed by atoms with Crippen molar-refractivity contribution >= 4 is 0 Å². The molecule has 3 nitrogen and oxygen atoms in total. The van der Waals surface area contributed by atoms with E-state index < -0.39 is 0 Å². The second-order valence-electron chi connectivity index (χ2n) is 7.84. The summed E-state index contributed by atoms with van der Waals surface area (Å²) in [7, 11) is 0. The van der Waals surface area contributed by atoms with Crippen LogP contribution >= 0.6 is 0 Å². The molecule has 3 heteroatoms. The van der Waals surface area contributed by atoms with Gasteiger partial charge >= 0.3 is 0 Å². The van der Waals surface area contributed by atoms with E-state index in [1.807, 2.05) is 0 Å². The quantitative estimate of drug-likeness (QED) is 0.926. The van der Waals surface area contributed by atoms with E-state index in [2.05, 4.69) is 47.9 Å². The number of aliphatic hydroxyl groups excluding tert-OH is 1. The molecule has 3 rings (SSSR count). The van der Waals surface area contributed by atoms with Crippen LogP contribution in [-0.4, -0.2) is 53.7 Å². The third kappa shape index (κ3) is 3.70. The fourth-order valence-electron chi connectivity index (χ4n) is 3.96. The van der Waals surface area contributed by atoms with Crippen LogP contribution in [0, 0.1) is 5.41 Å². The number of nitrogens with zero attached hydrogens (tertiary/aromatic N) is 2. The van der Waals surface area contributed by atoms with Crippen LogP contribution in [0.2, 0.25) is 0 Å². The molecule has 0 bridgehead atoms. The zero-order valence-electron chi connectivity index (χ0n) is 14.1. The Kier molecular flexibility index (Phi) is 4.86. The van der Waals surface area contributed by atoms with E-state index in [4.69, 9.17) is 0 Å².